The van der Waals surface area contributed by atoms with E-state index in [-0.39, 0.29) is 40.8 Å². The van der Waals surface area contributed by atoms with Gasteiger partial charge in [0.1, 0.15) is 6.10 Å². The average molecular weight is 463 g/mol. The molecule has 5 fully saturated rings. The number of hydrogen-bond acceptors (Lipinski definition) is 5. The zero-order valence-electron chi connectivity index (χ0n) is 21.0. The van der Waals surface area contributed by atoms with Gasteiger partial charge in [-0.15, -0.1) is 0 Å². The lowest BCUT2D eigenvalue weighted by Crippen LogP contribution is -2.67. The maximum absolute atomic E-state index is 12.7. The predicted octanol–water partition coefficient (Wildman–Crippen LogP) is 4.07. The Morgan fingerprint density at radius 1 is 1.00 bits per heavy atom. The zero-order chi connectivity index (χ0) is 23.6. The number of nitrogens with two attached hydrogens (primary N) is 1. The Hall–Kier alpha value is -0.850. The first-order valence-electron chi connectivity index (χ1n) is 13.7. The quantitative estimate of drug-likeness (QED) is 0.575. The fraction of sp³-hybridized carbons (Fsp3) is 0.963. The van der Waals surface area contributed by atoms with E-state index in [9.17, 15) is 15.0 Å². The minimum absolute atomic E-state index is 0.0192. The number of aliphatic hydroxyl groups excluding tert-OH is 2. The van der Waals surface area contributed by atoms with Crippen molar-refractivity contribution in [1.29, 1.82) is 0 Å². The smallest absolute Gasteiger partial charge is 0.410 e. The minimum Gasteiger partial charge on any atom is -0.446 e. The number of piperidine rings is 1. The largest absolute Gasteiger partial charge is 0.446 e. The number of amides is 1. The van der Waals surface area contributed by atoms with Crippen LogP contribution in [0.25, 0.3) is 0 Å². The van der Waals surface area contributed by atoms with Gasteiger partial charge in [0.15, 0.2) is 0 Å². The Labute approximate surface area is 199 Å². The first-order valence-corrected chi connectivity index (χ1v) is 13.7. The standard InChI is InChI=1S/C27H46N2O4/c1-17(30)21-8-13-27(28)23-5-4-18-16-20(33-24(32)29-14-9-19(31)10-15-29)6-11-25(18,2)22(23)7-12-26(21,27)3/h17-23,30-31H,4-16,28H2,1-3H3/t17?,18?,20-,21+,22?,23?,25-,26+,27-/m0/s1. The molecule has 1 heterocycles. The molecule has 4 saturated carbocycles. The third-order valence-corrected chi connectivity index (χ3v) is 11.6. The highest BCUT2D eigenvalue weighted by Gasteiger charge is 2.66. The molecular weight excluding hydrogens is 416 g/mol. The summed E-state index contributed by atoms with van der Waals surface area (Å²) in [5.74, 6) is 2.10. The Kier molecular flexibility index (Phi) is 6.06. The summed E-state index contributed by atoms with van der Waals surface area (Å²) in [6.45, 7) is 8.04. The van der Waals surface area contributed by atoms with Gasteiger partial charge in [-0.05, 0) is 112 Å². The van der Waals surface area contributed by atoms with Gasteiger partial charge in [0.05, 0.1) is 12.2 Å². The van der Waals surface area contributed by atoms with Crippen LogP contribution in [0.5, 0.6) is 0 Å². The second-order valence-electron chi connectivity index (χ2n) is 12.9. The lowest BCUT2D eigenvalue weighted by molar-refractivity contribution is -0.142. The molecule has 188 valence electrons. The number of carbonyl (C=O) groups is 1. The molecule has 0 spiro atoms. The summed E-state index contributed by atoms with van der Waals surface area (Å²) < 4.78 is 5.99. The number of nitrogens with zero attached hydrogens (tertiary/aromatic N) is 1. The highest BCUT2D eigenvalue weighted by molar-refractivity contribution is 5.68. The highest BCUT2D eigenvalue weighted by atomic mass is 16.6. The lowest BCUT2D eigenvalue weighted by atomic mass is 9.42. The highest BCUT2D eigenvalue weighted by Crippen LogP contribution is 2.68. The van der Waals surface area contributed by atoms with Crippen molar-refractivity contribution in [2.24, 2.45) is 40.2 Å². The Bertz CT molecular complexity index is 752. The molecule has 1 aliphatic heterocycles. The fourth-order valence-electron chi connectivity index (χ4n) is 9.48. The topological polar surface area (TPSA) is 96.0 Å². The minimum atomic E-state index is -0.280. The number of likely N-dealkylation sites (tertiary alicyclic amines) is 1. The molecule has 0 aromatic heterocycles. The molecule has 4 aliphatic carbocycles. The van der Waals surface area contributed by atoms with Crippen LogP contribution in [0, 0.1) is 34.5 Å². The lowest BCUT2D eigenvalue weighted by Gasteiger charge is -2.64. The van der Waals surface area contributed by atoms with Gasteiger partial charge < -0.3 is 25.6 Å². The molecule has 0 bridgehead atoms. The van der Waals surface area contributed by atoms with Crippen molar-refractivity contribution in [3.63, 3.8) is 0 Å². The van der Waals surface area contributed by atoms with Crippen LogP contribution in [0.1, 0.15) is 91.4 Å². The SMILES string of the molecule is CC(O)[C@H]1CC[C@]2(N)C3CCC4C[C@@H](OC(=O)N5CCC(O)CC5)CC[C@]4(C)C3CC[C@]12C. The molecule has 5 rings (SSSR count). The molecule has 6 nitrogen and oxygen atoms in total. The first-order chi connectivity index (χ1) is 15.6. The second-order valence-corrected chi connectivity index (χ2v) is 12.9. The fourth-order valence-corrected chi connectivity index (χ4v) is 9.48. The van der Waals surface area contributed by atoms with Gasteiger partial charge in [-0.2, -0.15) is 0 Å². The van der Waals surface area contributed by atoms with Crippen molar-refractivity contribution in [3.05, 3.63) is 0 Å². The number of ether oxygens (including phenoxy) is 1. The molecule has 4 N–H and O–H groups in total. The molecular formula is C27H46N2O4. The van der Waals surface area contributed by atoms with Crippen molar-refractivity contribution in [2.45, 2.75) is 115 Å². The summed E-state index contributed by atoms with van der Waals surface area (Å²) in [7, 11) is 0. The molecule has 1 saturated heterocycles. The normalized spacial score (nSPS) is 49.0. The molecule has 9 atom stereocenters. The second kappa shape index (κ2) is 8.37. The predicted molar refractivity (Wildman–Crippen MR) is 127 cm³/mol. The summed E-state index contributed by atoms with van der Waals surface area (Å²) in [6, 6.07) is 0. The van der Waals surface area contributed by atoms with Gasteiger partial charge >= 0.3 is 6.09 Å². The van der Waals surface area contributed by atoms with E-state index in [1.54, 1.807) is 4.90 Å². The molecule has 0 aromatic rings. The maximum atomic E-state index is 12.7. The van der Waals surface area contributed by atoms with Gasteiger partial charge in [0.2, 0.25) is 0 Å². The van der Waals surface area contributed by atoms with Crippen LogP contribution in [-0.2, 0) is 4.74 Å². The van der Waals surface area contributed by atoms with E-state index < -0.39 is 0 Å². The number of hydrogen-bond donors (Lipinski definition) is 3. The summed E-state index contributed by atoms with van der Waals surface area (Å²) in [5.41, 5.74) is 7.50. The third-order valence-electron chi connectivity index (χ3n) is 11.6. The van der Waals surface area contributed by atoms with E-state index in [1.165, 1.54) is 19.3 Å². The van der Waals surface area contributed by atoms with Crippen LogP contribution in [0.4, 0.5) is 4.79 Å². The van der Waals surface area contributed by atoms with E-state index in [4.69, 9.17) is 10.5 Å². The van der Waals surface area contributed by atoms with Crippen molar-refractivity contribution in [3.8, 4) is 0 Å². The Balaban J connectivity index is 1.26. The van der Waals surface area contributed by atoms with Crippen molar-refractivity contribution in [1.82, 2.24) is 4.90 Å². The van der Waals surface area contributed by atoms with Gasteiger partial charge in [0, 0.05) is 18.6 Å². The van der Waals surface area contributed by atoms with Crippen molar-refractivity contribution >= 4 is 6.09 Å². The van der Waals surface area contributed by atoms with Crippen LogP contribution in [0.3, 0.4) is 0 Å². The summed E-state index contributed by atoms with van der Waals surface area (Å²) >= 11 is 0. The monoisotopic (exact) mass is 462 g/mol. The third kappa shape index (κ3) is 3.65. The average Bonchev–Trinajstić information content (AvgIpc) is 3.06. The number of carbonyl (C=O) groups excluding carboxylic acids is 1. The number of rotatable bonds is 2. The molecule has 6 heteroatoms. The molecule has 5 aliphatic rings. The Morgan fingerprint density at radius 3 is 2.42 bits per heavy atom. The van der Waals surface area contributed by atoms with Crippen LogP contribution >= 0.6 is 0 Å². The summed E-state index contributed by atoms with van der Waals surface area (Å²) in [4.78, 5) is 14.5. The zero-order valence-corrected chi connectivity index (χ0v) is 21.0. The van der Waals surface area contributed by atoms with Gasteiger partial charge in [-0.1, -0.05) is 13.8 Å². The van der Waals surface area contributed by atoms with Crippen LogP contribution in [-0.4, -0.2) is 58.1 Å². The van der Waals surface area contributed by atoms with Gasteiger partial charge in [-0.25, -0.2) is 4.79 Å². The van der Waals surface area contributed by atoms with E-state index in [0.29, 0.717) is 49.6 Å². The summed E-state index contributed by atoms with van der Waals surface area (Å²) in [5, 5.41) is 20.2. The molecule has 0 aromatic carbocycles. The number of aliphatic hydroxyl groups is 2. The van der Waals surface area contributed by atoms with Crippen molar-refractivity contribution < 1.29 is 19.7 Å². The Morgan fingerprint density at radius 2 is 1.73 bits per heavy atom. The maximum Gasteiger partial charge on any atom is 0.410 e. The van der Waals surface area contributed by atoms with E-state index in [2.05, 4.69) is 13.8 Å². The van der Waals surface area contributed by atoms with E-state index >= 15 is 0 Å². The summed E-state index contributed by atoms with van der Waals surface area (Å²) in [6.07, 6.45) is 10.4. The molecule has 1 amide bonds. The van der Waals surface area contributed by atoms with Gasteiger partial charge in [-0.3, -0.25) is 0 Å². The first kappa shape index (κ1) is 23.9. The van der Waals surface area contributed by atoms with Crippen LogP contribution in [0.15, 0.2) is 0 Å². The van der Waals surface area contributed by atoms with Crippen LogP contribution in [0.2, 0.25) is 0 Å². The van der Waals surface area contributed by atoms with Gasteiger partial charge in [0.25, 0.3) is 0 Å². The number of fused-ring (bicyclic) bond motifs is 5. The van der Waals surface area contributed by atoms with E-state index in [0.717, 1.165) is 38.5 Å². The van der Waals surface area contributed by atoms with Crippen molar-refractivity contribution in [2.75, 3.05) is 13.1 Å². The van der Waals surface area contributed by atoms with E-state index in [1.807, 2.05) is 6.92 Å². The molecule has 33 heavy (non-hydrogen) atoms. The molecule has 0 radical (unpaired) electrons. The van der Waals surface area contributed by atoms with Crippen LogP contribution < -0.4 is 5.73 Å². The molecule has 4 unspecified atom stereocenters.